The van der Waals surface area contributed by atoms with Crippen LogP contribution in [-0.2, 0) is 66.4 Å². The van der Waals surface area contributed by atoms with Crippen molar-refractivity contribution in [1.29, 1.82) is 0 Å². The van der Waals surface area contributed by atoms with E-state index in [4.69, 9.17) is 56.8 Å². The van der Waals surface area contributed by atoms with E-state index in [1.807, 2.05) is 6.92 Å². The highest BCUT2D eigenvalue weighted by Gasteiger charge is 2.13. The van der Waals surface area contributed by atoms with Crippen molar-refractivity contribution in [2.24, 2.45) is 0 Å². The van der Waals surface area contributed by atoms with Gasteiger partial charge in [0.1, 0.15) is 38.0 Å². The lowest BCUT2D eigenvalue weighted by Crippen LogP contribution is -2.30. The van der Waals surface area contributed by atoms with Gasteiger partial charge in [-0.15, -0.1) is 0 Å². The summed E-state index contributed by atoms with van der Waals surface area (Å²) >= 11 is 0. The number of carbonyl (C=O) groups excluding carboxylic acids is 2. The van der Waals surface area contributed by atoms with Crippen molar-refractivity contribution >= 4 is 12.6 Å². The van der Waals surface area contributed by atoms with Crippen LogP contribution in [0.3, 0.4) is 0 Å². The van der Waals surface area contributed by atoms with Gasteiger partial charge in [0.25, 0.3) is 0 Å². The van der Waals surface area contributed by atoms with Crippen molar-refractivity contribution in [3.63, 3.8) is 0 Å². The first kappa shape index (κ1) is 38.9. The van der Waals surface area contributed by atoms with Crippen molar-refractivity contribution < 1.29 is 66.4 Å². The minimum atomic E-state index is -0.354. The van der Waals surface area contributed by atoms with Gasteiger partial charge in [-0.3, -0.25) is 0 Å². The minimum absolute atomic E-state index is 0.0162. The number of ether oxygens (including phenoxy) is 12. The molecule has 4 atom stereocenters. The molecule has 0 saturated heterocycles. The van der Waals surface area contributed by atoms with Crippen LogP contribution in [0.25, 0.3) is 0 Å². The highest BCUT2D eigenvalue weighted by atomic mass is 16.7. The van der Waals surface area contributed by atoms with Crippen LogP contribution in [0.5, 0.6) is 0 Å². The Morgan fingerprint density at radius 3 is 1.15 bits per heavy atom. The summed E-state index contributed by atoms with van der Waals surface area (Å²) in [6.45, 7) is 8.16. The molecule has 0 aromatic rings. The topological polar surface area (TPSA) is 145 Å². The highest BCUT2D eigenvalue weighted by Crippen LogP contribution is 2.00. The Morgan fingerprint density at radius 2 is 0.750 bits per heavy atom. The Labute approximate surface area is 238 Å². The first-order valence-electron chi connectivity index (χ1n) is 13.4. The molecule has 0 aliphatic rings. The third kappa shape index (κ3) is 27.1. The van der Waals surface area contributed by atoms with Crippen molar-refractivity contribution in [3.05, 3.63) is 0 Å². The second-order valence-electron chi connectivity index (χ2n) is 8.12. The molecule has 0 spiro atoms. The van der Waals surface area contributed by atoms with Gasteiger partial charge in [0.15, 0.2) is 12.6 Å². The van der Waals surface area contributed by atoms with Gasteiger partial charge in [0, 0.05) is 14.2 Å². The lowest BCUT2D eigenvalue weighted by Gasteiger charge is -2.20. The van der Waals surface area contributed by atoms with E-state index >= 15 is 0 Å². The summed E-state index contributed by atoms with van der Waals surface area (Å²) in [4.78, 5) is 20.6. The molecule has 0 radical (unpaired) electrons. The molecular weight excluding hydrogens is 536 g/mol. The van der Waals surface area contributed by atoms with E-state index < -0.39 is 0 Å². The molecule has 0 rings (SSSR count). The maximum atomic E-state index is 10.3. The van der Waals surface area contributed by atoms with E-state index in [0.29, 0.717) is 78.6 Å². The lowest BCUT2D eigenvalue weighted by atomic mass is 10.4. The molecule has 4 unspecified atom stereocenters. The number of aldehydes is 2. The average Bonchev–Trinajstić information content (AvgIpc) is 2.97. The minimum Gasteiger partial charge on any atom is -0.376 e. The summed E-state index contributed by atoms with van der Waals surface area (Å²) < 4.78 is 65.3. The fourth-order valence-electron chi connectivity index (χ4n) is 2.76. The van der Waals surface area contributed by atoms with Gasteiger partial charge in [0.05, 0.1) is 92.5 Å². The highest BCUT2D eigenvalue weighted by molar-refractivity contribution is 5.50. The summed E-state index contributed by atoms with van der Waals surface area (Å²) in [5.74, 6) is 0. The van der Waals surface area contributed by atoms with Crippen LogP contribution < -0.4 is 0 Å². The smallest absolute Gasteiger partial charge is 0.154 e. The average molecular weight is 587 g/mol. The van der Waals surface area contributed by atoms with Gasteiger partial charge in [-0.05, 0) is 13.8 Å². The van der Waals surface area contributed by atoms with Gasteiger partial charge in [-0.2, -0.15) is 0 Å². The molecule has 238 valence electrons. The largest absolute Gasteiger partial charge is 0.376 e. The standard InChI is InChI=1S/C26H50O14/c1-23(29-3)37-15-14-36-22-26(40-18-17-38-24(2)30-4)21-35-12-11-34-20-25(39-16-13-32-8-6-28)19-33-10-9-31-7-5-27/h5-6,23-26H,7-22H2,1-4H3. The molecule has 0 saturated carbocycles. The molecule has 0 N–H and O–H groups in total. The lowest BCUT2D eigenvalue weighted by molar-refractivity contribution is -0.142. The summed E-state index contributed by atoms with van der Waals surface area (Å²) in [5.41, 5.74) is 0. The van der Waals surface area contributed by atoms with Crippen molar-refractivity contribution in [2.45, 2.75) is 38.6 Å². The summed E-state index contributed by atoms with van der Waals surface area (Å²) in [6.07, 6.45) is 0.0862. The molecule has 0 fully saturated rings. The third-order valence-electron chi connectivity index (χ3n) is 4.95. The number of hydrogen-bond acceptors (Lipinski definition) is 14. The van der Waals surface area contributed by atoms with E-state index in [1.54, 1.807) is 21.1 Å². The van der Waals surface area contributed by atoms with Gasteiger partial charge in [-0.1, -0.05) is 0 Å². The molecule has 0 aliphatic heterocycles. The molecule has 40 heavy (non-hydrogen) atoms. The fourth-order valence-corrected chi connectivity index (χ4v) is 2.76. The quantitative estimate of drug-likeness (QED) is 0.0589. The summed E-state index contributed by atoms with van der Waals surface area (Å²) in [5, 5.41) is 0. The van der Waals surface area contributed by atoms with Crippen molar-refractivity contribution in [2.75, 3.05) is 120 Å². The van der Waals surface area contributed by atoms with Crippen LogP contribution >= 0.6 is 0 Å². The summed E-state index contributed by atoms with van der Waals surface area (Å²) in [6, 6.07) is 0. The number of hydrogen-bond donors (Lipinski definition) is 0. The number of rotatable bonds is 33. The van der Waals surface area contributed by atoms with E-state index in [2.05, 4.69) is 0 Å². The number of carbonyl (C=O) groups is 2. The molecule has 0 bridgehead atoms. The van der Waals surface area contributed by atoms with E-state index in [-0.39, 0.29) is 64.4 Å². The third-order valence-corrected chi connectivity index (χ3v) is 4.95. The molecular formula is C26H50O14. The maximum absolute atomic E-state index is 10.3. The van der Waals surface area contributed by atoms with E-state index in [0.717, 1.165) is 0 Å². The normalized spacial score (nSPS) is 14.6. The van der Waals surface area contributed by atoms with E-state index in [1.165, 1.54) is 0 Å². The van der Waals surface area contributed by atoms with Gasteiger partial charge < -0.3 is 66.4 Å². The molecule has 14 heteroatoms. The van der Waals surface area contributed by atoms with Crippen LogP contribution in [0.1, 0.15) is 13.8 Å². The Morgan fingerprint density at radius 1 is 0.450 bits per heavy atom. The number of methoxy groups -OCH3 is 2. The molecule has 0 aromatic heterocycles. The van der Waals surface area contributed by atoms with Crippen molar-refractivity contribution in [1.82, 2.24) is 0 Å². The monoisotopic (exact) mass is 586 g/mol. The van der Waals surface area contributed by atoms with Crippen LogP contribution in [0.15, 0.2) is 0 Å². The van der Waals surface area contributed by atoms with Gasteiger partial charge in [-0.25, -0.2) is 0 Å². The molecule has 0 aromatic carbocycles. The Kier molecular flexibility index (Phi) is 29.9. The van der Waals surface area contributed by atoms with Crippen LogP contribution in [0, 0.1) is 0 Å². The van der Waals surface area contributed by atoms with Crippen LogP contribution in [0.4, 0.5) is 0 Å². The first-order chi connectivity index (χ1) is 19.6. The van der Waals surface area contributed by atoms with Crippen molar-refractivity contribution in [3.8, 4) is 0 Å². The maximum Gasteiger partial charge on any atom is 0.154 e. The Hall–Kier alpha value is -1.14. The zero-order valence-electron chi connectivity index (χ0n) is 24.5. The van der Waals surface area contributed by atoms with Gasteiger partial charge in [0.2, 0.25) is 0 Å². The second kappa shape index (κ2) is 30.8. The predicted molar refractivity (Wildman–Crippen MR) is 141 cm³/mol. The zero-order valence-corrected chi connectivity index (χ0v) is 24.5. The molecule has 0 aliphatic carbocycles. The first-order valence-corrected chi connectivity index (χ1v) is 13.4. The molecule has 14 nitrogen and oxygen atoms in total. The van der Waals surface area contributed by atoms with Crippen LogP contribution in [-0.4, -0.2) is 157 Å². The second-order valence-corrected chi connectivity index (χ2v) is 8.12. The fraction of sp³-hybridized carbons (Fsp3) is 0.923. The summed E-state index contributed by atoms with van der Waals surface area (Å²) in [7, 11) is 3.15. The van der Waals surface area contributed by atoms with Crippen LogP contribution in [0.2, 0.25) is 0 Å². The van der Waals surface area contributed by atoms with Gasteiger partial charge >= 0.3 is 0 Å². The molecule has 0 heterocycles. The Bertz CT molecular complexity index is 542. The predicted octanol–water partition coefficient (Wildman–Crippen LogP) is 0.272. The SMILES string of the molecule is COC(C)OCCOCC(COCCOCC(COCCOCC=O)OCCOCC=O)OCCOC(C)OC. The van der Waals surface area contributed by atoms with E-state index in [9.17, 15) is 9.59 Å². The zero-order chi connectivity index (χ0) is 29.5. The molecule has 0 amide bonds. The Balaban J connectivity index is 4.31.